The first-order chi connectivity index (χ1) is 60.8. The molecule has 0 atom stereocenters. The second-order valence-corrected chi connectivity index (χ2v) is 29.9. The number of nitrogens with zero attached hydrogens (tertiary/aromatic N) is 5. The molecule has 0 aliphatic carbocycles. The van der Waals surface area contributed by atoms with E-state index in [2.05, 4.69) is 111 Å². The first-order valence-corrected chi connectivity index (χ1v) is 40.8. The summed E-state index contributed by atoms with van der Waals surface area (Å²) in [6.07, 6.45) is 21.0. The summed E-state index contributed by atoms with van der Waals surface area (Å²) in [6, 6.07) is 37.3. The largest absolute Gasteiger partial charge is 0.497 e. The van der Waals surface area contributed by atoms with Gasteiger partial charge in [-0.1, -0.05) is 6.92 Å². The van der Waals surface area contributed by atoms with E-state index in [0.29, 0.717) is 17.2 Å². The number of hydrogen-bond donors (Lipinski definition) is 5. The van der Waals surface area contributed by atoms with Crippen LogP contribution in [0.25, 0.3) is 64.2 Å². The quantitative estimate of drug-likeness (QED) is 0.0376. The molecule has 16 rings (SSSR count). The van der Waals surface area contributed by atoms with Crippen molar-refractivity contribution in [3.63, 3.8) is 0 Å². The highest BCUT2D eigenvalue weighted by Gasteiger charge is 2.26. The van der Waals surface area contributed by atoms with E-state index in [1.54, 1.807) is 92.4 Å². The molecule has 0 radical (unpaired) electrons. The number of H-pyrrole nitrogens is 5. The van der Waals surface area contributed by atoms with E-state index in [0.717, 1.165) is 234 Å². The van der Waals surface area contributed by atoms with Gasteiger partial charge in [0.2, 0.25) is 12.5 Å². The molecule has 11 heterocycles. The molecular formula is C101H110N10O15. The Morgan fingerprint density at radius 1 is 0.310 bits per heavy atom. The number of allylic oxidation sites excluding steroid dienone is 8. The molecule has 0 fully saturated rings. The number of rotatable bonds is 24. The van der Waals surface area contributed by atoms with Crippen LogP contribution in [-0.2, 0) is 15.9 Å². The Hall–Kier alpha value is -14.8. The van der Waals surface area contributed by atoms with E-state index in [-0.39, 0.29) is 6.79 Å². The van der Waals surface area contributed by atoms with Crippen molar-refractivity contribution in [1.29, 1.82) is 0 Å². The molecule has 10 aromatic rings. The van der Waals surface area contributed by atoms with Crippen LogP contribution in [-0.4, -0.2) is 153 Å². The van der Waals surface area contributed by atoms with Gasteiger partial charge in [0.15, 0.2) is 23.0 Å². The second kappa shape index (κ2) is 41.0. The predicted octanol–water partition coefficient (Wildman–Crippen LogP) is 21.7. The lowest BCUT2D eigenvalue weighted by atomic mass is 10.0. The van der Waals surface area contributed by atoms with Crippen molar-refractivity contribution in [3.8, 4) is 109 Å². The molecule has 5 N–H and O–H groups in total. The van der Waals surface area contributed by atoms with Gasteiger partial charge in [0, 0.05) is 104 Å². The zero-order valence-electron chi connectivity index (χ0n) is 76.0. The monoisotopic (exact) mass is 1700 g/mol. The van der Waals surface area contributed by atoms with Crippen LogP contribution < -0.4 is 61.6 Å². The number of methoxy groups -OCH3 is 13. The highest BCUT2D eigenvalue weighted by atomic mass is 16.7. The molecule has 6 aliphatic heterocycles. The topological polar surface area (TPSA) is 279 Å². The number of aromatic nitrogens is 5. The zero-order chi connectivity index (χ0) is 90.2. The summed E-state index contributed by atoms with van der Waals surface area (Å²) in [6.45, 7) is 22.7. The third-order valence-electron chi connectivity index (χ3n) is 21.2. The van der Waals surface area contributed by atoms with Crippen molar-refractivity contribution in [2.75, 3.05) is 99.2 Å². The normalized spacial score (nSPS) is 15.5. The third kappa shape index (κ3) is 20.8. The van der Waals surface area contributed by atoms with E-state index in [9.17, 15) is 0 Å². The summed E-state index contributed by atoms with van der Waals surface area (Å²) in [5.41, 5.74) is 30.4. The summed E-state index contributed by atoms with van der Waals surface area (Å²) in [7, 11) is 21.4. The highest BCUT2D eigenvalue weighted by molar-refractivity contribution is 6.13. The Labute approximate surface area is 736 Å². The molecule has 5 aromatic heterocycles. The number of benzene rings is 5. The summed E-state index contributed by atoms with van der Waals surface area (Å²) in [5, 5.41) is 0. The summed E-state index contributed by atoms with van der Waals surface area (Å²) >= 11 is 0. The summed E-state index contributed by atoms with van der Waals surface area (Å²) in [5.74, 6) is 10.9. The Morgan fingerprint density at radius 3 is 1.13 bits per heavy atom. The Balaban J connectivity index is 0.000000143. The molecular weight excluding hydrogens is 1590 g/mol. The SMILES string of the molecule is CCc1cc(C2=N/C(=C\c3[nH]c(C)cc3C)C(OC)=C2)ccc1OC.COC1=CC(c2ccc3c(c2)OCO3)=N/C1=C\c1[nH]c(C)cc1C.COc1cc(-c2ccc(OC)c(OC)c2OC)[nH]c1C=C1N=C(C)C=C1C.COc1ccc(-c2cc(OC)c(C=C3N=C(C)C=C3C)[nH]2)c(OC)c1.COc1ccc(OC)c(-c2cc(OC)c(C=C3N=C(C)C=C3C)[nH]2)c1. The fraction of sp³-hybridized carbons (Fsp3) is 0.257. The maximum absolute atomic E-state index is 5.60. The molecule has 654 valence electrons. The number of aryl methyl sites for hydroxylation is 5. The van der Waals surface area contributed by atoms with Crippen LogP contribution in [0.5, 0.6) is 74.7 Å². The second-order valence-electron chi connectivity index (χ2n) is 29.9. The van der Waals surface area contributed by atoms with Crippen LogP contribution in [0.1, 0.15) is 116 Å². The number of aromatic amines is 5. The van der Waals surface area contributed by atoms with Crippen LogP contribution in [0.15, 0.2) is 227 Å². The standard InChI is InChI=1S/C21H24N2O4.C21H24N2O2.2C20H22N2O3.C19H18N2O3/c1-12-9-13(2)22-15(12)10-17-19(25-4)11-16(23-17)14-7-8-18(24-3)21(27-6)20(14)26-5;1-6-15-10-16(7-8-20(15)24-4)18-12-21(25-5)19(23-18)11-17-13(2)9-14(3)22-17;1-12-8-13(2)21-16(12)10-18-20(25-5)11-17(22-18)15-9-14(23-3)6-7-19(15)24-4;1-12-8-13(2)21-16(12)10-18-20(25-5)11-17(22-18)15-7-6-14(23-3)9-19(15)24-4;1-11-6-12(2)20-14(11)8-16-18(22-3)9-15(21-16)13-4-5-17-19(7-13)24-10-23-17/h7-11,23H,1-6H3;7-12,22H,6H2,1-5H3;2*6-11,22H,1-5H3;4-9,20H,10H2,1-3H3/b;19-11-;;;16-8-. The van der Waals surface area contributed by atoms with Gasteiger partial charge >= 0.3 is 0 Å². The molecule has 0 saturated heterocycles. The van der Waals surface area contributed by atoms with Crippen LogP contribution in [0.2, 0.25) is 0 Å². The minimum atomic E-state index is 0.265. The van der Waals surface area contributed by atoms with E-state index in [4.69, 9.17) is 81.0 Å². The van der Waals surface area contributed by atoms with Gasteiger partial charge in [-0.3, -0.25) is 15.0 Å². The average Bonchev–Trinajstić information content (AvgIpc) is 1.49. The van der Waals surface area contributed by atoms with Crippen molar-refractivity contribution in [2.45, 2.75) is 82.6 Å². The lowest BCUT2D eigenvalue weighted by Gasteiger charge is -2.15. The molecule has 0 unspecified atom stereocenters. The molecule has 25 heteroatoms. The van der Waals surface area contributed by atoms with Crippen molar-refractivity contribution >= 4 is 58.9 Å². The molecule has 25 nitrogen and oxygen atoms in total. The molecule has 0 bridgehead atoms. The van der Waals surface area contributed by atoms with Crippen molar-refractivity contribution in [1.82, 2.24) is 24.9 Å². The maximum atomic E-state index is 5.60. The molecule has 0 spiro atoms. The zero-order valence-corrected chi connectivity index (χ0v) is 76.0. The van der Waals surface area contributed by atoms with Crippen LogP contribution in [0, 0.1) is 27.7 Å². The lowest BCUT2D eigenvalue weighted by Crippen LogP contribution is -1.98. The third-order valence-corrected chi connectivity index (χ3v) is 21.2. The van der Waals surface area contributed by atoms with Gasteiger partial charge in [-0.15, -0.1) is 0 Å². The van der Waals surface area contributed by atoms with Crippen molar-refractivity contribution in [2.24, 2.45) is 25.0 Å². The number of fused-ring (bicyclic) bond motifs is 1. The molecule has 126 heavy (non-hydrogen) atoms. The van der Waals surface area contributed by atoms with E-state index in [1.165, 1.54) is 16.7 Å². The molecule has 0 amide bonds. The van der Waals surface area contributed by atoms with Crippen molar-refractivity contribution in [3.05, 3.63) is 270 Å². The Kier molecular flexibility index (Phi) is 29.4. The van der Waals surface area contributed by atoms with Crippen molar-refractivity contribution < 1.29 is 71.1 Å². The number of nitrogens with one attached hydrogen (secondary N) is 5. The lowest BCUT2D eigenvalue weighted by molar-refractivity contribution is 0.174. The van der Waals surface area contributed by atoms with Gasteiger partial charge in [-0.2, -0.15) is 0 Å². The Bertz CT molecular complexity index is 6260. The smallest absolute Gasteiger partial charge is 0.231 e. The minimum absolute atomic E-state index is 0.265. The highest BCUT2D eigenvalue weighted by Crippen LogP contribution is 2.47. The van der Waals surface area contributed by atoms with Crippen LogP contribution in [0.3, 0.4) is 0 Å². The predicted molar refractivity (Wildman–Crippen MR) is 503 cm³/mol. The van der Waals surface area contributed by atoms with Gasteiger partial charge in [0.1, 0.15) is 68.9 Å². The fourth-order valence-electron chi connectivity index (χ4n) is 14.9. The molecule has 0 saturated carbocycles. The van der Waals surface area contributed by atoms with Gasteiger partial charge in [-0.05, 0) is 249 Å². The molecule has 6 aliphatic rings. The van der Waals surface area contributed by atoms with Crippen LogP contribution in [0.4, 0.5) is 0 Å². The van der Waals surface area contributed by atoms with E-state index < -0.39 is 0 Å². The number of hydrogen-bond acceptors (Lipinski definition) is 20. The molecule has 5 aromatic carbocycles. The maximum Gasteiger partial charge on any atom is 0.231 e. The van der Waals surface area contributed by atoms with E-state index in [1.807, 2.05) is 181 Å². The summed E-state index contributed by atoms with van der Waals surface area (Å²) < 4.78 is 81.9. The number of ether oxygens (including phenoxy) is 15. The Morgan fingerprint density at radius 2 is 0.714 bits per heavy atom. The van der Waals surface area contributed by atoms with Gasteiger partial charge < -0.3 is 96.0 Å². The first kappa shape index (κ1) is 90.5. The summed E-state index contributed by atoms with van der Waals surface area (Å²) in [4.78, 5) is 40.1. The minimum Gasteiger partial charge on any atom is -0.497 e. The number of aliphatic imine (C=N–C) groups is 5. The van der Waals surface area contributed by atoms with Crippen LogP contribution >= 0.6 is 0 Å². The van der Waals surface area contributed by atoms with E-state index >= 15 is 0 Å². The fourth-order valence-corrected chi connectivity index (χ4v) is 14.9. The van der Waals surface area contributed by atoms with Gasteiger partial charge in [0.25, 0.3) is 0 Å². The van der Waals surface area contributed by atoms with Gasteiger partial charge in [-0.25, -0.2) is 9.98 Å². The average molecular weight is 1700 g/mol. The first-order valence-electron chi connectivity index (χ1n) is 40.8. The van der Waals surface area contributed by atoms with Gasteiger partial charge in [0.05, 0.1) is 155 Å².